The fourth-order valence-corrected chi connectivity index (χ4v) is 2.66. The third kappa shape index (κ3) is 3.01. The van der Waals surface area contributed by atoms with Gasteiger partial charge in [-0.05, 0) is 30.6 Å². The van der Waals surface area contributed by atoms with E-state index in [1.807, 2.05) is 4.90 Å². The Labute approximate surface area is 106 Å². The van der Waals surface area contributed by atoms with Crippen LogP contribution in [-0.2, 0) is 4.79 Å². The minimum Gasteiger partial charge on any atom is -0.341 e. The summed E-state index contributed by atoms with van der Waals surface area (Å²) in [5.74, 6) is 0.434. The van der Waals surface area contributed by atoms with Crippen LogP contribution in [0.1, 0.15) is 53.4 Å². The maximum Gasteiger partial charge on any atom is 0.239 e. The molecule has 0 bridgehead atoms. The van der Waals surface area contributed by atoms with Gasteiger partial charge in [0.2, 0.25) is 5.91 Å². The summed E-state index contributed by atoms with van der Waals surface area (Å²) in [5, 5.41) is 0. The second-order valence-corrected chi connectivity index (χ2v) is 5.63. The molecule has 0 radical (unpaired) electrons. The van der Waals surface area contributed by atoms with Crippen molar-refractivity contribution in [2.75, 3.05) is 13.1 Å². The van der Waals surface area contributed by atoms with Gasteiger partial charge in [0, 0.05) is 13.1 Å². The minimum atomic E-state index is -0.315. The second-order valence-electron chi connectivity index (χ2n) is 5.63. The Morgan fingerprint density at radius 2 is 1.94 bits per heavy atom. The molecular weight excluding hydrogens is 212 g/mol. The SMILES string of the molecule is CC[C@H](C)[C@H](N)C(=O)N1CCC(CC)(CC)C1. The van der Waals surface area contributed by atoms with Crippen molar-refractivity contribution in [2.45, 2.75) is 59.4 Å². The van der Waals surface area contributed by atoms with Crippen molar-refractivity contribution < 1.29 is 4.79 Å². The lowest BCUT2D eigenvalue weighted by atomic mass is 9.82. The van der Waals surface area contributed by atoms with Gasteiger partial charge in [0.1, 0.15) is 0 Å². The van der Waals surface area contributed by atoms with Crippen LogP contribution in [0.5, 0.6) is 0 Å². The van der Waals surface area contributed by atoms with Gasteiger partial charge in [-0.1, -0.05) is 34.1 Å². The van der Waals surface area contributed by atoms with Crippen LogP contribution in [-0.4, -0.2) is 29.9 Å². The maximum atomic E-state index is 12.3. The van der Waals surface area contributed by atoms with Crippen LogP contribution in [0.25, 0.3) is 0 Å². The van der Waals surface area contributed by atoms with Crippen LogP contribution < -0.4 is 5.73 Å². The number of likely N-dealkylation sites (tertiary alicyclic amines) is 1. The molecular formula is C14H28N2O. The molecule has 3 heteroatoms. The molecule has 0 unspecified atom stereocenters. The molecule has 1 heterocycles. The van der Waals surface area contributed by atoms with Gasteiger partial charge in [0.25, 0.3) is 0 Å². The van der Waals surface area contributed by atoms with Crippen molar-refractivity contribution in [3.63, 3.8) is 0 Å². The molecule has 0 aromatic heterocycles. The van der Waals surface area contributed by atoms with Crippen LogP contribution in [0.15, 0.2) is 0 Å². The summed E-state index contributed by atoms with van der Waals surface area (Å²) < 4.78 is 0. The highest BCUT2D eigenvalue weighted by Gasteiger charge is 2.38. The summed E-state index contributed by atoms with van der Waals surface area (Å²) in [6, 6.07) is -0.315. The van der Waals surface area contributed by atoms with Crippen LogP contribution in [0.3, 0.4) is 0 Å². The molecule has 1 aliphatic rings. The molecule has 17 heavy (non-hydrogen) atoms. The van der Waals surface area contributed by atoms with E-state index in [9.17, 15) is 4.79 Å². The minimum absolute atomic E-state index is 0.156. The highest BCUT2D eigenvalue weighted by Crippen LogP contribution is 2.37. The number of nitrogens with two attached hydrogens (primary N) is 1. The molecule has 0 aromatic rings. The van der Waals surface area contributed by atoms with Gasteiger partial charge in [-0.3, -0.25) is 4.79 Å². The molecule has 1 rings (SSSR count). The van der Waals surface area contributed by atoms with Crippen LogP contribution in [0.4, 0.5) is 0 Å². The molecule has 0 saturated carbocycles. The Morgan fingerprint density at radius 3 is 2.35 bits per heavy atom. The van der Waals surface area contributed by atoms with Gasteiger partial charge in [0.15, 0.2) is 0 Å². The molecule has 2 atom stereocenters. The predicted octanol–water partition coefficient (Wildman–Crippen LogP) is 2.40. The highest BCUT2D eigenvalue weighted by molar-refractivity contribution is 5.82. The van der Waals surface area contributed by atoms with E-state index in [1.165, 1.54) is 0 Å². The van der Waals surface area contributed by atoms with E-state index < -0.39 is 0 Å². The first kappa shape index (κ1) is 14.5. The van der Waals surface area contributed by atoms with E-state index in [4.69, 9.17) is 5.73 Å². The van der Waals surface area contributed by atoms with Crippen molar-refractivity contribution in [2.24, 2.45) is 17.1 Å². The first-order valence-corrected chi connectivity index (χ1v) is 7.04. The molecule has 1 saturated heterocycles. The molecule has 0 aromatic carbocycles. The fourth-order valence-electron chi connectivity index (χ4n) is 2.66. The third-order valence-corrected chi connectivity index (χ3v) is 4.79. The van der Waals surface area contributed by atoms with Gasteiger partial charge in [-0.25, -0.2) is 0 Å². The molecule has 1 aliphatic heterocycles. The Morgan fingerprint density at radius 1 is 1.35 bits per heavy atom. The topological polar surface area (TPSA) is 46.3 Å². The fraction of sp³-hybridized carbons (Fsp3) is 0.929. The zero-order valence-electron chi connectivity index (χ0n) is 11.8. The molecule has 3 nitrogen and oxygen atoms in total. The van der Waals surface area contributed by atoms with Crippen LogP contribution in [0, 0.1) is 11.3 Å². The van der Waals surface area contributed by atoms with E-state index in [0.717, 1.165) is 38.8 Å². The normalized spacial score (nSPS) is 22.5. The lowest BCUT2D eigenvalue weighted by Gasteiger charge is -2.28. The lowest BCUT2D eigenvalue weighted by molar-refractivity contribution is -0.133. The lowest BCUT2D eigenvalue weighted by Crippen LogP contribution is -2.46. The number of hydrogen-bond donors (Lipinski definition) is 1. The maximum absolute atomic E-state index is 12.3. The van der Waals surface area contributed by atoms with E-state index in [-0.39, 0.29) is 17.9 Å². The average Bonchev–Trinajstić information content (AvgIpc) is 2.81. The standard InChI is InChI=1S/C14H28N2O/c1-5-11(4)12(15)13(17)16-9-8-14(6-2,7-3)10-16/h11-12H,5-10,15H2,1-4H3/t11-,12-/m0/s1. The Balaban J connectivity index is 2.62. The summed E-state index contributed by atoms with van der Waals surface area (Å²) >= 11 is 0. The van der Waals surface area contributed by atoms with E-state index in [0.29, 0.717) is 5.41 Å². The van der Waals surface area contributed by atoms with E-state index >= 15 is 0 Å². The Hall–Kier alpha value is -0.570. The number of carbonyl (C=O) groups is 1. The van der Waals surface area contributed by atoms with Crippen LogP contribution >= 0.6 is 0 Å². The van der Waals surface area contributed by atoms with Crippen molar-refractivity contribution in [1.82, 2.24) is 4.90 Å². The second kappa shape index (κ2) is 5.85. The van der Waals surface area contributed by atoms with Gasteiger partial charge in [-0.2, -0.15) is 0 Å². The molecule has 100 valence electrons. The number of nitrogens with zero attached hydrogens (tertiary/aromatic N) is 1. The first-order valence-electron chi connectivity index (χ1n) is 7.04. The average molecular weight is 240 g/mol. The zero-order chi connectivity index (χ0) is 13.1. The summed E-state index contributed by atoms with van der Waals surface area (Å²) in [4.78, 5) is 14.3. The Bertz CT molecular complexity index is 261. The van der Waals surface area contributed by atoms with E-state index in [2.05, 4.69) is 27.7 Å². The van der Waals surface area contributed by atoms with Crippen molar-refractivity contribution in [1.29, 1.82) is 0 Å². The quantitative estimate of drug-likeness (QED) is 0.802. The number of carbonyl (C=O) groups excluding carboxylic acids is 1. The van der Waals surface area contributed by atoms with Crippen molar-refractivity contribution >= 4 is 5.91 Å². The monoisotopic (exact) mass is 240 g/mol. The molecule has 1 amide bonds. The zero-order valence-corrected chi connectivity index (χ0v) is 11.8. The highest BCUT2D eigenvalue weighted by atomic mass is 16.2. The molecule has 1 fully saturated rings. The predicted molar refractivity (Wildman–Crippen MR) is 71.6 cm³/mol. The first-order chi connectivity index (χ1) is 7.99. The molecule has 0 spiro atoms. The smallest absolute Gasteiger partial charge is 0.239 e. The third-order valence-electron chi connectivity index (χ3n) is 4.79. The van der Waals surface area contributed by atoms with Gasteiger partial charge in [0.05, 0.1) is 6.04 Å². The summed E-state index contributed by atoms with van der Waals surface area (Å²) in [7, 11) is 0. The van der Waals surface area contributed by atoms with Gasteiger partial charge < -0.3 is 10.6 Å². The summed E-state index contributed by atoms with van der Waals surface area (Å²) in [6.45, 7) is 10.4. The largest absolute Gasteiger partial charge is 0.341 e. The number of rotatable bonds is 5. The Kier molecular flexibility index (Phi) is 4.99. The summed E-state index contributed by atoms with van der Waals surface area (Å²) in [6.07, 6.45) is 4.42. The van der Waals surface area contributed by atoms with Crippen molar-refractivity contribution in [3.05, 3.63) is 0 Å². The van der Waals surface area contributed by atoms with Gasteiger partial charge >= 0.3 is 0 Å². The summed E-state index contributed by atoms with van der Waals surface area (Å²) in [5.41, 5.74) is 6.38. The number of amides is 1. The van der Waals surface area contributed by atoms with Crippen molar-refractivity contribution in [3.8, 4) is 0 Å². The van der Waals surface area contributed by atoms with E-state index in [1.54, 1.807) is 0 Å². The van der Waals surface area contributed by atoms with Gasteiger partial charge in [-0.15, -0.1) is 0 Å². The molecule has 0 aliphatic carbocycles. The van der Waals surface area contributed by atoms with Crippen LogP contribution in [0.2, 0.25) is 0 Å². The molecule has 2 N–H and O–H groups in total. The number of hydrogen-bond acceptors (Lipinski definition) is 2.